The van der Waals surface area contributed by atoms with Crippen LogP contribution in [0.1, 0.15) is 51.4 Å². The van der Waals surface area contributed by atoms with Gasteiger partial charge in [0.25, 0.3) is 11.8 Å². The molecule has 0 spiro atoms. The van der Waals surface area contributed by atoms with Crippen molar-refractivity contribution in [1.29, 1.82) is 0 Å². The highest BCUT2D eigenvalue weighted by Gasteiger charge is 2.29. The molecule has 0 aliphatic carbocycles. The summed E-state index contributed by atoms with van der Waals surface area (Å²) in [5.41, 5.74) is 2.71. The van der Waals surface area contributed by atoms with Gasteiger partial charge in [-0.2, -0.15) is 5.10 Å². The van der Waals surface area contributed by atoms with E-state index < -0.39 is 0 Å². The van der Waals surface area contributed by atoms with E-state index in [9.17, 15) is 9.59 Å². The summed E-state index contributed by atoms with van der Waals surface area (Å²) in [7, 11) is 3.47. The SMILES string of the molecule is CCCn1cc(C(=O)N2CCn3c(nc(C)c3C(=O)N(C)C)C2)c(C)n1. The van der Waals surface area contributed by atoms with Crippen LogP contribution in [0.2, 0.25) is 0 Å². The summed E-state index contributed by atoms with van der Waals surface area (Å²) in [6, 6.07) is 0. The van der Waals surface area contributed by atoms with Crippen molar-refractivity contribution >= 4 is 11.8 Å². The van der Waals surface area contributed by atoms with Gasteiger partial charge in [-0.15, -0.1) is 0 Å². The zero-order valence-corrected chi connectivity index (χ0v) is 16.1. The van der Waals surface area contributed by atoms with Gasteiger partial charge < -0.3 is 14.4 Å². The van der Waals surface area contributed by atoms with Crippen molar-refractivity contribution in [3.05, 3.63) is 34.7 Å². The van der Waals surface area contributed by atoms with Crippen LogP contribution in [0.3, 0.4) is 0 Å². The molecule has 3 heterocycles. The van der Waals surface area contributed by atoms with Gasteiger partial charge in [0.1, 0.15) is 11.5 Å². The lowest BCUT2D eigenvalue weighted by molar-refractivity contribution is 0.0702. The Bertz CT molecular complexity index is 848. The molecule has 0 fully saturated rings. The molecule has 3 rings (SSSR count). The smallest absolute Gasteiger partial charge is 0.271 e. The van der Waals surface area contributed by atoms with Crippen LogP contribution in [0.5, 0.6) is 0 Å². The number of imidazole rings is 1. The summed E-state index contributed by atoms with van der Waals surface area (Å²) in [6.45, 7) is 8.10. The van der Waals surface area contributed by atoms with Crippen molar-refractivity contribution in [2.24, 2.45) is 0 Å². The second-order valence-electron chi connectivity index (χ2n) is 6.93. The summed E-state index contributed by atoms with van der Waals surface area (Å²) in [5, 5.41) is 4.42. The number of rotatable bonds is 4. The molecule has 140 valence electrons. The van der Waals surface area contributed by atoms with E-state index in [1.54, 1.807) is 23.9 Å². The third-order valence-electron chi connectivity index (χ3n) is 4.67. The fourth-order valence-electron chi connectivity index (χ4n) is 3.36. The van der Waals surface area contributed by atoms with E-state index in [1.165, 1.54) is 0 Å². The molecule has 2 aromatic heterocycles. The highest BCUT2D eigenvalue weighted by molar-refractivity contribution is 5.95. The van der Waals surface area contributed by atoms with Crippen LogP contribution in [0.15, 0.2) is 6.20 Å². The van der Waals surface area contributed by atoms with Crippen molar-refractivity contribution in [1.82, 2.24) is 29.1 Å². The van der Waals surface area contributed by atoms with E-state index in [-0.39, 0.29) is 11.8 Å². The van der Waals surface area contributed by atoms with Crippen molar-refractivity contribution in [2.75, 3.05) is 20.6 Å². The molecular formula is C18H26N6O2. The van der Waals surface area contributed by atoms with E-state index in [1.807, 2.05) is 29.3 Å². The molecule has 2 aromatic rings. The first-order valence-corrected chi connectivity index (χ1v) is 8.94. The Balaban J connectivity index is 1.84. The highest BCUT2D eigenvalue weighted by atomic mass is 16.2. The second kappa shape index (κ2) is 6.93. The molecule has 0 saturated carbocycles. The Labute approximate surface area is 153 Å². The number of fused-ring (bicyclic) bond motifs is 1. The second-order valence-corrected chi connectivity index (χ2v) is 6.93. The van der Waals surface area contributed by atoms with Gasteiger partial charge in [-0.3, -0.25) is 14.3 Å². The summed E-state index contributed by atoms with van der Waals surface area (Å²) in [4.78, 5) is 33.2. The number of nitrogens with zero attached hydrogens (tertiary/aromatic N) is 6. The number of carbonyl (C=O) groups excluding carboxylic acids is 2. The van der Waals surface area contributed by atoms with E-state index in [0.717, 1.165) is 24.5 Å². The molecule has 2 amide bonds. The molecule has 0 bridgehead atoms. The minimum atomic E-state index is -0.0577. The minimum absolute atomic E-state index is 0.0303. The van der Waals surface area contributed by atoms with Crippen molar-refractivity contribution < 1.29 is 9.59 Å². The molecule has 8 nitrogen and oxygen atoms in total. The Morgan fingerprint density at radius 2 is 1.92 bits per heavy atom. The number of aryl methyl sites for hydroxylation is 3. The summed E-state index contributed by atoms with van der Waals surface area (Å²) in [6.07, 6.45) is 2.80. The first-order chi connectivity index (χ1) is 12.3. The predicted octanol–water partition coefficient (Wildman–Crippen LogP) is 1.46. The third kappa shape index (κ3) is 3.11. The number of carbonyl (C=O) groups is 2. The summed E-state index contributed by atoms with van der Waals surface area (Å²) < 4.78 is 3.76. The molecule has 0 atom stereocenters. The van der Waals surface area contributed by atoms with E-state index in [4.69, 9.17) is 0 Å². The highest BCUT2D eigenvalue weighted by Crippen LogP contribution is 2.21. The van der Waals surface area contributed by atoms with Crippen molar-refractivity contribution in [2.45, 2.75) is 46.8 Å². The number of hydrogen-bond donors (Lipinski definition) is 0. The summed E-state index contributed by atoms with van der Waals surface area (Å²) in [5.74, 6) is 0.667. The van der Waals surface area contributed by atoms with Gasteiger partial charge in [0, 0.05) is 39.9 Å². The van der Waals surface area contributed by atoms with Crippen LogP contribution in [-0.4, -0.2) is 61.6 Å². The molecule has 0 aromatic carbocycles. The average molecular weight is 358 g/mol. The van der Waals surface area contributed by atoms with Crippen LogP contribution >= 0.6 is 0 Å². The third-order valence-corrected chi connectivity index (χ3v) is 4.67. The fourth-order valence-corrected chi connectivity index (χ4v) is 3.36. The first kappa shape index (κ1) is 18.2. The van der Waals surface area contributed by atoms with Gasteiger partial charge in [0.15, 0.2) is 0 Å². The Morgan fingerprint density at radius 1 is 1.19 bits per heavy atom. The van der Waals surface area contributed by atoms with E-state index in [0.29, 0.717) is 36.6 Å². The molecule has 0 N–H and O–H groups in total. The Morgan fingerprint density at radius 3 is 2.58 bits per heavy atom. The van der Waals surface area contributed by atoms with Crippen molar-refractivity contribution in [3.63, 3.8) is 0 Å². The monoisotopic (exact) mass is 358 g/mol. The maximum atomic E-state index is 12.9. The molecule has 0 saturated heterocycles. The minimum Gasteiger partial charge on any atom is -0.343 e. The molecule has 1 aliphatic rings. The lowest BCUT2D eigenvalue weighted by atomic mass is 10.2. The van der Waals surface area contributed by atoms with Crippen LogP contribution in [0, 0.1) is 13.8 Å². The zero-order valence-electron chi connectivity index (χ0n) is 16.1. The average Bonchev–Trinajstić information content (AvgIpc) is 3.12. The number of amides is 2. The number of aromatic nitrogens is 4. The molecule has 26 heavy (non-hydrogen) atoms. The lowest BCUT2D eigenvalue weighted by Crippen LogP contribution is -2.39. The molecule has 1 aliphatic heterocycles. The van der Waals surface area contributed by atoms with Gasteiger partial charge in [0.2, 0.25) is 0 Å². The molecule has 0 radical (unpaired) electrons. The maximum absolute atomic E-state index is 12.9. The van der Waals surface area contributed by atoms with Crippen LogP contribution in [-0.2, 0) is 19.6 Å². The van der Waals surface area contributed by atoms with Crippen LogP contribution in [0.4, 0.5) is 0 Å². The summed E-state index contributed by atoms with van der Waals surface area (Å²) >= 11 is 0. The van der Waals surface area contributed by atoms with E-state index in [2.05, 4.69) is 17.0 Å². The topological polar surface area (TPSA) is 76.3 Å². The van der Waals surface area contributed by atoms with Gasteiger partial charge in [0.05, 0.1) is 23.5 Å². The number of hydrogen-bond acceptors (Lipinski definition) is 4. The van der Waals surface area contributed by atoms with Crippen LogP contribution < -0.4 is 0 Å². The standard InChI is InChI=1S/C18H26N6O2/c1-6-7-23-10-14(12(2)20-23)17(25)22-8-9-24-15(11-22)19-13(3)16(24)18(26)21(4)5/h10H,6-9,11H2,1-5H3. The van der Waals surface area contributed by atoms with Crippen LogP contribution in [0.25, 0.3) is 0 Å². The largest absolute Gasteiger partial charge is 0.343 e. The lowest BCUT2D eigenvalue weighted by Gasteiger charge is -2.28. The Hall–Kier alpha value is -2.64. The van der Waals surface area contributed by atoms with E-state index >= 15 is 0 Å². The quantitative estimate of drug-likeness (QED) is 0.829. The Kier molecular flexibility index (Phi) is 4.84. The fraction of sp³-hybridized carbons (Fsp3) is 0.556. The molecule has 0 unspecified atom stereocenters. The maximum Gasteiger partial charge on any atom is 0.271 e. The molecular weight excluding hydrogens is 332 g/mol. The van der Waals surface area contributed by atoms with Gasteiger partial charge >= 0.3 is 0 Å². The first-order valence-electron chi connectivity index (χ1n) is 8.94. The van der Waals surface area contributed by atoms with Gasteiger partial charge in [-0.25, -0.2) is 4.98 Å². The zero-order chi connectivity index (χ0) is 19.0. The van der Waals surface area contributed by atoms with Gasteiger partial charge in [-0.1, -0.05) is 6.92 Å². The molecule has 8 heteroatoms. The normalized spacial score (nSPS) is 13.7. The predicted molar refractivity (Wildman–Crippen MR) is 97.0 cm³/mol. The van der Waals surface area contributed by atoms with Gasteiger partial charge in [-0.05, 0) is 20.3 Å². The van der Waals surface area contributed by atoms with Crippen molar-refractivity contribution in [3.8, 4) is 0 Å².